The Balaban J connectivity index is 2.91. The van der Waals surface area contributed by atoms with E-state index in [1.54, 1.807) is 6.08 Å². The first kappa shape index (κ1) is 8.48. The first-order chi connectivity index (χ1) is 4.27. The van der Waals surface area contributed by atoms with Crippen LogP contribution in [-0.4, -0.2) is 0 Å². The zero-order valence-electron chi connectivity index (χ0n) is 6.19. The van der Waals surface area contributed by atoms with Crippen LogP contribution in [0.4, 0.5) is 0 Å². The molecule has 0 rings (SSSR count). The van der Waals surface area contributed by atoms with E-state index in [2.05, 4.69) is 13.5 Å². The van der Waals surface area contributed by atoms with E-state index in [0.29, 0.717) is 0 Å². The van der Waals surface area contributed by atoms with Crippen LogP contribution in [0.5, 0.6) is 0 Å². The number of hydrogen-bond acceptors (Lipinski definition) is 0. The average Bonchev–Trinajstić information content (AvgIpc) is 1.80. The summed E-state index contributed by atoms with van der Waals surface area (Å²) in [6.07, 6.45) is 6.33. The van der Waals surface area contributed by atoms with Crippen molar-refractivity contribution in [3.8, 4) is 0 Å². The summed E-state index contributed by atoms with van der Waals surface area (Å²) < 4.78 is 0. The van der Waals surface area contributed by atoms with Crippen molar-refractivity contribution in [2.45, 2.75) is 32.6 Å². The third-order valence-electron chi connectivity index (χ3n) is 1.22. The Morgan fingerprint density at radius 2 is 2.22 bits per heavy atom. The molecule has 0 aliphatic heterocycles. The molecule has 0 aliphatic carbocycles. The SMILES string of the molecule is [CH]=CCCCCC(=C)C. The van der Waals surface area contributed by atoms with Gasteiger partial charge in [0.25, 0.3) is 0 Å². The van der Waals surface area contributed by atoms with Crippen molar-refractivity contribution in [1.82, 2.24) is 0 Å². The maximum atomic E-state index is 5.20. The molecule has 0 aliphatic rings. The molecule has 1 radical (unpaired) electrons. The molecule has 0 aromatic carbocycles. The smallest absolute Gasteiger partial charge is 0.0326 e. The van der Waals surface area contributed by atoms with Crippen molar-refractivity contribution in [2.24, 2.45) is 0 Å². The molecule has 0 atom stereocenters. The molecule has 0 aromatic rings. The summed E-state index contributed by atoms with van der Waals surface area (Å²) in [6.45, 7) is 11.1. The van der Waals surface area contributed by atoms with Gasteiger partial charge >= 0.3 is 0 Å². The van der Waals surface area contributed by atoms with Crippen LogP contribution in [0, 0.1) is 6.58 Å². The standard InChI is InChI=1S/C9H15/c1-4-5-6-7-8-9(2)3/h1,4H,2,5-8H2,3H3. The highest BCUT2D eigenvalue weighted by atomic mass is 13.9. The van der Waals surface area contributed by atoms with E-state index in [-0.39, 0.29) is 0 Å². The van der Waals surface area contributed by atoms with E-state index in [1.807, 2.05) is 0 Å². The number of rotatable bonds is 5. The predicted molar refractivity (Wildman–Crippen MR) is 42.2 cm³/mol. The molecule has 0 bridgehead atoms. The Bertz CT molecular complexity index is 90.2. The zero-order valence-corrected chi connectivity index (χ0v) is 6.19. The van der Waals surface area contributed by atoms with Crippen molar-refractivity contribution in [3.63, 3.8) is 0 Å². The largest absolute Gasteiger partial charge is 0.100 e. The highest BCUT2D eigenvalue weighted by molar-refractivity contribution is 4.87. The molecule has 0 unspecified atom stereocenters. The van der Waals surface area contributed by atoms with Gasteiger partial charge in [-0.25, -0.2) is 0 Å². The highest BCUT2D eigenvalue weighted by Crippen LogP contribution is 2.05. The lowest BCUT2D eigenvalue weighted by atomic mass is 10.1. The number of unbranched alkanes of at least 4 members (excludes halogenated alkanes) is 2. The Morgan fingerprint density at radius 1 is 1.56 bits per heavy atom. The minimum absolute atomic E-state index is 1.03. The van der Waals surface area contributed by atoms with E-state index in [0.717, 1.165) is 12.8 Å². The summed E-state index contributed by atoms with van der Waals surface area (Å²) in [6, 6.07) is 0. The molecule has 0 heteroatoms. The summed E-state index contributed by atoms with van der Waals surface area (Å²) in [5.41, 5.74) is 1.27. The molecular formula is C9H15. The van der Waals surface area contributed by atoms with Crippen molar-refractivity contribution in [3.05, 3.63) is 24.8 Å². The molecule has 0 N–H and O–H groups in total. The van der Waals surface area contributed by atoms with E-state index in [4.69, 9.17) is 6.58 Å². The van der Waals surface area contributed by atoms with Crippen LogP contribution in [0.15, 0.2) is 18.2 Å². The molecule has 9 heavy (non-hydrogen) atoms. The third kappa shape index (κ3) is 7.48. The summed E-state index contributed by atoms with van der Waals surface area (Å²) >= 11 is 0. The Morgan fingerprint density at radius 3 is 2.67 bits per heavy atom. The van der Waals surface area contributed by atoms with Crippen molar-refractivity contribution in [1.29, 1.82) is 0 Å². The first-order valence-electron chi connectivity index (χ1n) is 3.45. The number of hydrogen-bond donors (Lipinski definition) is 0. The normalized spacial score (nSPS) is 9.00. The van der Waals surface area contributed by atoms with Crippen LogP contribution < -0.4 is 0 Å². The van der Waals surface area contributed by atoms with Crippen LogP contribution in [0.1, 0.15) is 32.6 Å². The van der Waals surface area contributed by atoms with Gasteiger partial charge in [0.05, 0.1) is 0 Å². The van der Waals surface area contributed by atoms with Gasteiger partial charge in [0.2, 0.25) is 0 Å². The molecule has 0 saturated heterocycles. The third-order valence-corrected chi connectivity index (χ3v) is 1.22. The lowest BCUT2D eigenvalue weighted by Gasteiger charge is -1.95. The average molecular weight is 123 g/mol. The fourth-order valence-electron chi connectivity index (χ4n) is 0.689. The van der Waals surface area contributed by atoms with Crippen LogP contribution in [0.25, 0.3) is 0 Å². The minimum Gasteiger partial charge on any atom is -0.100 e. The summed E-state index contributed by atoms with van der Waals surface area (Å²) in [5, 5.41) is 0. The monoisotopic (exact) mass is 123 g/mol. The minimum atomic E-state index is 1.03. The van der Waals surface area contributed by atoms with E-state index >= 15 is 0 Å². The predicted octanol–water partition coefficient (Wildman–Crippen LogP) is 3.11. The maximum Gasteiger partial charge on any atom is -0.0326 e. The molecule has 0 aromatic heterocycles. The molecule has 0 nitrogen and oxygen atoms in total. The molecule has 0 saturated carbocycles. The number of allylic oxidation sites excluding steroid dienone is 2. The van der Waals surface area contributed by atoms with Crippen molar-refractivity contribution in [2.75, 3.05) is 0 Å². The Labute approximate surface area is 58.3 Å². The molecule has 0 fully saturated rings. The second kappa shape index (κ2) is 5.61. The van der Waals surface area contributed by atoms with Crippen molar-refractivity contribution < 1.29 is 0 Å². The highest BCUT2D eigenvalue weighted by Gasteiger charge is 1.85. The maximum absolute atomic E-state index is 5.20. The van der Waals surface area contributed by atoms with E-state index in [1.165, 1.54) is 18.4 Å². The fraction of sp³-hybridized carbons (Fsp3) is 0.556. The second-order valence-electron chi connectivity index (χ2n) is 2.44. The first-order valence-corrected chi connectivity index (χ1v) is 3.45. The second-order valence-corrected chi connectivity index (χ2v) is 2.44. The summed E-state index contributed by atoms with van der Waals surface area (Å²) in [5.74, 6) is 0. The van der Waals surface area contributed by atoms with Gasteiger partial charge in [-0.05, 0) is 32.6 Å². The lowest BCUT2D eigenvalue weighted by molar-refractivity contribution is 0.744. The lowest BCUT2D eigenvalue weighted by Crippen LogP contribution is -1.75. The summed E-state index contributed by atoms with van der Waals surface area (Å²) in [7, 11) is 0. The topological polar surface area (TPSA) is 0 Å². The molecule has 0 spiro atoms. The van der Waals surface area contributed by atoms with E-state index in [9.17, 15) is 0 Å². The van der Waals surface area contributed by atoms with Crippen LogP contribution in [0.2, 0.25) is 0 Å². The van der Waals surface area contributed by atoms with Crippen LogP contribution >= 0.6 is 0 Å². The van der Waals surface area contributed by atoms with Gasteiger partial charge in [-0.3, -0.25) is 0 Å². The molecular weight excluding hydrogens is 108 g/mol. The van der Waals surface area contributed by atoms with E-state index < -0.39 is 0 Å². The van der Waals surface area contributed by atoms with Gasteiger partial charge in [-0.2, -0.15) is 0 Å². The fourth-order valence-corrected chi connectivity index (χ4v) is 0.689. The quantitative estimate of drug-likeness (QED) is 0.389. The zero-order chi connectivity index (χ0) is 7.11. The molecule has 0 heterocycles. The Kier molecular flexibility index (Phi) is 5.29. The molecule has 51 valence electrons. The van der Waals surface area contributed by atoms with Crippen LogP contribution in [-0.2, 0) is 0 Å². The molecule has 0 amide bonds. The van der Waals surface area contributed by atoms with Gasteiger partial charge in [0.1, 0.15) is 0 Å². The van der Waals surface area contributed by atoms with Gasteiger partial charge in [0.15, 0.2) is 0 Å². The summed E-state index contributed by atoms with van der Waals surface area (Å²) in [4.78, 5) is 0. The van der Waals surface area contributed by atoms with Crippen molar-refractivity contribution >= 4 is 0 Å². The Hall–Kier alpha value is -0.520. The van der Waals surface area contributed by atoms with Crippen LogP contribution in [0.3, 0.4) is 0 Å². The van der Waals surface area contributed by atoms with Gasteiger partial charge in [0, 0.05) is 0 Å². The van der Waals surface area contributed by atoms with Gasteiger partial charge in [-0.1, -0.05) is 18.2 Å². The van der Waals surface area contributed by atoms with Gasteiger partial charge in [-0.15, -0.1) is 6.58 Å². The van der Waals surface area contributed by atoms with Gasteiger partial charge < -0.3 is 0 Å².